The van der Waals surface area contributed by atoms with Crippen LogP contribution in [0.2, 0.25) is 0 Å². The number of esters is 1. The Morgan fingerprint density at radius 3 is 2.52 bits per heavy atom. The third-order valence-corrected chi connectivity index (χ3v) is 4.69. The molecule has 0 aliphatic carbocycles. The number of hydrogen-bond acceptors (Lipinski definition) is 5. The number of rotatable bonds is 7. The summed E-state index contributed by atoms with van der Waals surface area (Å²) in [5, 5.41) is 3.32. The summed E-state index contributed by atoms with van der Waals surface area (Å²) in [6.07, 6.45) is 3.89. The van der Waals surface area contributed by atoms with Crippen molar-refractivity contribution in [3.8, 4) is 0 Å². The first-order valence-electron chi connectivity index (χ1n) is 8.30. The smallest absolute Gasteiger partial charge is 0.326 e. The van der Waals surface area contributed by atoms with E-state index in [1.165, 1.54) is 12.8 Å². The fourth-order valence-corrected chi connectivity index (χ4v) is 3.63. The molecule has 0 spiro atoms. The van der Waals surface area contributed by atoms with E-state index in [0.717, 1.165) is 26.1 Å². The zero-order chi connectivity index (χ0) is 15.5. The first-order chi connectivity index (χ1) is 9.98. The van der Waals surface area contributed by atoms with Crippen LogP contribution in [0.3, 0.4) is 0 Å². The Bertz CT molecular complexity index is 351. The fourth-order valence-electron chi connectivity index (χ4n) is 3.63. The maximum absolute atomic E-state index is 12.3. The average Bonchev–Trinajstić information content (AvgIpc) is 2.77. The van der Waals surface area contributed by atoms with Crippen molar-refractivity contribution < 1.29 is 14.3 Å². The number of nitrogens with zero attached hydrogens (tertiary/aromatic N) is 1. The van der Waals surface area contributed by atoms with Gasteiger partial charge in [0.25, 0.3) is 0 Å². The summed E-state index contributed by atoms with van der Waals surface area (Å²) >= 11 is 0. The van der Waals surface area contributed by atoms with Crippen LogP contribution in [-0.4, -0.2) is 60.9 Å². The molecule has 2 heterocycles. The Kier molecular flexibility index (Phi) is 5.63. The summed E-state index contributed by atoms with van der Waals surface area (Å²) in [5.74, 6) is -0.144. The Balaban J connectivity index is 1.97. The molecule has 5 heteroatoms. The van der Waals surface area contributed by atoms with Gasteiger partial charge in [0, 0.05) is 19.1 Å². The van der Waals surface area contributed by atoms with Crippen LogP contribution in [0.1, 0.15) is 47.0 Å². The van der Waals surface area contributed by atoms with Gasteiger partial charge in [0.15, 0.2) is 0 Å². The molecule has 0 aromatic carbocycles. The van der Waals surface area contributed by atoms with Crippen LogP contribution in [0.25, 0.3) is 0 Å². The topological polar surface area (TPSA) is 50.8 Å². The van der Waals surface area contributed by atoms with Crippen LogP contribution in [0.4, 0.5) is 0 Å². The number of likely N-dealkylation sites (tertiary alicyclic amines) is 1. The monoisotopic (exact) mass is 298 g/mol. The highest BCUT2D eigenvalue weighted by atomic mass is 16.5. The Morgan fingerprint density at radius 1 is 1.38 bits per heavy atom. The highest BCUT2D eigenvalue weighted by molar-refractivity contribution is 5.80. The van der Waals surface area contributed by atoms with Gasteiger partial charge in [-0.2, -0.15) is 0 Å². The quantitative estimate of drug-likeness (QED) is 0.723. The number of ether oxygens (including phenoxy) is 2. The second-order valence-corrected chi connectivity index (χ2v) is 6.55. The number of carbonyl (C=O) groups is 1. The maximum atomic E-state index is 12.3. The zero-order valence-electron chi connectivity index (χ0n) is 13.9. The molecule has 0 saturated carbocycles. The van der Waals surface area contributed by atoms with E-state index >= 15 is 0 Å². The molecule has 2 fully saturated rings. The predicted molar refractivity (Wildman–Crippen MR) is 82.3 cm³/mol. The van der Waals surface area contributed by atoms with Crippen LogP contribution >= 0.6 is 0 Å². The van der Waals surface area contributed by atoms with Crippen molar-refractivity contribution in [2.75, 3.05) is 26.2 Å². The van der Waals surface area contributed by atoms with Gasteiger partial charge in [0.2, 0.25) is 0 Å². The molecule has 0 aromatic rings. The van der Waals surface area contributed by atoms with Gasteiger partial charge in [-0.1, -0.05) is 6.92 Å². The molecule has 5 nitrogen and oxygen atoms in total. The van der Waals surface area contributed by atoms with Gasteiger partial charge in [-0.3, -0.25) is 9.69 Å². The Morgan fingerprint density at radius 2 is 2.00 bits per heavy atom. The van der Waals surface area contributed by atoms with Crippen LogP contribution in [0.15, 0.2) is 0 Å². The van der Waals surface area contributed by atoms with E-state index in [-0.39, 0.29) is 5.97 Å². The van der Waals surface area contributed by atoms with E-state index in [4.69, 9.17) is 9.47 Å². The number of carbonyl (C=O) groups excluding carboxylic acids is 1. The van der Waals surface area contributed by atoms with Gasteiger partial charge in [-0.05, 0) is 46.6 Å². The lowest BCUT2D eigenvalue weighted by molar-refractivity contribution is -0.151. The van der Waals surface area contributed by atoms with Gasteiger partial charge in [-0.15, -0.1) is 0 Å². The molecule has 2 aliphatic rings. The molecule has 2 bridgehead atoms. The average molecular weight is 298 g/mol. The second-order valence-electron chi connectivity index (χ2n) is 6.55. The molecule has 122 valence electrons. The van der Waals surface area contributed by atoms with Crippen molar-refractivity contribution in [3.63, 3.8) is 0 Å². The molecule has 0 radical (unpaired) electrons. The SMILES string of the molecule is CCNC(C)(CC(C)N1CC2CCC(C1)O2)C(=O)OCC. The predicted octanol–water partition coefficient (Wildman–Crippen LogP) is 1.56. The number of morpholine rings is 1. The molecule has 1 N–H and O–H groups in total. The highest BCUT2D eigenvalue weighted by Gasteiger charge is 2.40. The summed E-state index contributed by atoms with van der Waals surface area (Å²) in [6.45, 7) is 11.2. The van der Waals surface area contributed by atoms with Crippen molar-refractivity contribution in [2.45, 2.75) is 70.7 Å². The van der Waals surface area contributed by atoms with Gasteiger partial charge in [0.05, 0.1) is 18.8 Å². The molecule has 4 unspecified atom stereocenters. The number of fused-ring (bicyclic) bond motifs is 2. The number of nitrogens with one attached hydrogen (secondary N) is 1. The second kappa shape index (κ2) is 7.07. The lowest BCUT2D eigenvalue weighted by Gasteiger charge is -2.40. The molecule has 21 heavy (non-hydrogen) atoms. The minimum absolute atomic E-state index is 0.144. The number of likely N-dealkylation sites (N-methyl/N-ethyl adjacent to an activating group) is 1. The molecular weight excluding hydrogens is 268 g/mol. The fraction of sp³-hybridized carbons (Fsp3) is 0.938. The van der Waals surface area contributed by atoms with E-state index < -0.39 is 5.54 Å². The highest BCUT2D eigenvalue weighted by Crippen LogP contribution is 2.29. The van der Waals surface area contributed by atoms with Gasteiger partial charge in [0.1, 0.15) is 5.54 Å². The van der Waals surface area contributed by atoms with Crippen LogP contribution < -0.4 is 5.32 Å². The van der Waals surface area contributed by atoms with E-state index in [0.29, 0.717) is 24.9 Å². The summed E-state index contributed by atoms with van der Waals surface area (Å²) in [5.41, 5.74) is -0.610. The molecule has 4 atom stereocenters. The van der Waals surface area contributed by atoms with Crippen molar-refractivity contribution >= 4 is 5.97 Å². The van der Waals surface area contributed by atoms with E-state index in [2.05, 4.69) is 17.1 Å². The number of hydrogen-bond donors (Lipinski definition) is 1. The lowest BCUT2D eigenvalue weighted by Crippen LogP contribution is -2.56. The van der Waals surface area contributed by atoms with Crippen LogP contribution in [0.5, 0.6) is 0 Å². The van der Waals surface area contributed by atoms with E-state index in [1.807, 2.05) is 20.8 Å². The molecule has 2 rings (SSSR count). The van der Waals surface area contributed by atoms with Crippen molar-refractivity contribution in [1.82, 2.24) is 10.2 Å². The normalized spacial score (nSPS) is 29.9. The summed E-state index contributed by atoms with van der Waals surface area (Å²) in [6, 6.07) is 0.338. The summed E-state index contributed by atoms with van der Waals surface area (Å²) in [4.78, 5) is 14.8. The first kappa shape index (κ1) is 16.7. The third-order valence-electron chi connectivity index (χ3n) is 4.69. The lowest BCUT2D eigenvalue weighted by atomic mass is 9.92. The Hall–Kier alpha value is -0.650. The zero-order valence-corrected chi connectivity index (χ0v) is 13.9. The first-order valence-corrected chi connectivity index (χ1v) is 8.30. The molecule has 2 aliphatic heterocycles. The van der Waals surface area contributed by atoms with Gasteiger partial charge >= 0.3 is 5.97 Å². The maximum Gasteiger partial charge on any atom is 0.326 e. The largest absolute Gasteiger partial charge is 0.465 e. The minimum Gasteiger partial charge on any atom is -0.465 e. The van der Waals surface area contributed by atoms with Gasteiger partial charge < -0.3 is 14.8 Å². The summed E-state index contributed by atoms with van der Waals surface area (Å²) < 4.78 is 11.2. The molecule has 0 amide bonds. The standard InChI is InChI=1S/C16H30N2O3/c1-5-17-16(4,15(19)20-6-2)9-12(3)18-10-13-7-8-14(11-18)21-13/h12-14,17H,5-11H2,1-4H3. The third kappa shape index (κ3) is 3.96. The Labute approximate surface area is 128 Å². The molecule has 2 saturated heterocycles. The molecular formula is C16H30N2O3. The van der Waals surface area contributed by atoms with E-state index in [9.17, 15) is 4.79 Å². The van der Waals surface area contributed by atoms with Crippen molar-refractivity contribution in [2.24, 2.45) is 0 Å². The van der Waals surface area contributed by atoms with Crippen molar-refractivity contribution in [3.05, 3.63) is 0 Å². The van der Waals surface area contributed by atoms with Crippen LogP contribution in [0, 0.1) is 0 Å². The van der Waals surface area contributed by atoms with Crippen molar-refractivity contribution in [1.29, 1.82) is 0 Å². The van der Waals surface area contributed by atoms with Crippen LogP contribution in [-0.2, 0) is 14.3 Å². The minimum atomic E-state index is -0.610. The molecule has 0 aromatic heterocycles. The summed E-state index contributed by atoms with van der Waals surface area (Å²) in [7, 11) is 0. The van der Waals surface area contributed by atoms with E-state index in [1.54, 1.807) is 0 Å². The van der Waals surface area contributed by atoms with Gasteiger partial charge in [-0.25, -0.2) is 0 Å².